The van der Waals surface area contributed by atoms with Crippen LogP contribution in [0.25, 0.3) is 0 Å². The molecule has 0 bridgehead atoms. The number of hydrogen-bond acceptors (Lipinski definition) is 3. The van der Waals surface area contributed by atoms with Crippen LogP contribution < -0.4 is 5.32 Å². The Kier molecular flexibility index (Phi) is 4.80. The van der Waals surface area contributed by atoms with Crippen molar-refractivity contribution in [1.82, 2.24) is 4.90 Å². The summed E-state index contributed by atoms with van der Waals surface area (Å²) >= 11 is 0. The summed E-state index contributed by atoms with van der Waals surface area (Å²) < 4.78 is 0. The van der Waals surface area contributed by atoms with Gasteiger partial charge in [-0.3, -0.25) is 9.69 Å². The lowest BCUT2D eigenvalue weighted by Crippen LogP contribution is -2.49. The number of nitrogens with one attached hydrogen (secondary N) is 1. The van der Waals surface area contributed by atoms with E-state index in [0.29, 0.717) is 12.5 Å². The molecule has 1 aliphatic rings. The Morgan fingerprint density at radius 1 is 1.47 bits per heavy atom. The topological polar surface area (TPSA) is 52.6 Å². The molecule has 1 saturated heterocycles. The van der Waals surface area contributed by atoms with Crippen LogP contribution in [0, 0.1) is 0 Å². The number of carboxylic acids is 1. The maximum atomic E-state index is 11.2. The summed E-state index contributed by atoms with van der Waals surface area (Å²) in [5, 5.41) is 12.7. The van der Waals surface area contributed by atoms with Crippen molar-refractivity contribution in [3.8, 4) is 0 Å². The third-order valence-corrected chi connectivity index (χ3v) is 3.71. The summed E-state index contributed by atoms with van der Waals surface area (Å²) in [6, 6.07) is 10.1. The summed E-state index contributed by atoms with van der Waals surface area (Å²) in [6.45, 7) is 3.63. The number of benzene rings is 1. The third-order valence-electron chi connectivity index (χ3n) is 3.71. The molecule has 0 amide bonds. The molecule has 2 N–H and O–H groups in total. The molecule has 19 heavy (non-hydrogen) atoms. The Morgan fingerprint density at radius 3 is 2.84 bits per heavy atom. The Bertz CT molecular complexity index is 408. The molecule has 104 valence electrons. The summed E-state index contributed by atoms with van der Waals surface area (Å²) in [6.07, 6.45) is 2.81. The smallest absolute Gasteiger partial charge is 0.320 e. The van der Waals surface area contributed by atoms with E-state index in [1.165, 1.54) is 0 Å². The molecule has 1 heterocycles. The third kappa shape index (κ3) is 3.70. The van der Waals surface area contributed by atoms with Gasteiger partial charge in [0.1, 0.15) is 6.04 Å². The highest BCUT2D eigenvalue weighted by atomic mass is 16.4. The molecule has 0 radical (unpaired) electrons. The van der Waals surface area contributed by atoms with Crippen LogP contribution in [0.1, 0.15) is 26.2 Å². The van der Waals surface area contributed by atoms with Crippen LogP contribution in [-0.2, 0) is 4.79 Å². The average molecular weight is 262 g/mol. The van der Waals surface area contributed by atoms with E-state index < -0.39 is 5.97 Å². The van der Waals surface area contributed by atoms with Crippen LogP contribution in [-0.4, -0.2) is 41.1 Å². The number of carbonyl (C=O) groups is 1. The number of piperidine rings is 1. The van der Waals surface area contributed by atoms with Crippen molar-refractivity contribution in [1.29, 1.82) is 0 Å². The Hall–Kier alpha value is -1.55. The van der Waals surface area contributed by atoms with E-state index in [-0.39, 0.29) is 6.04 Å². The van der Waals surface area contributed by atoms with Gasteiger partial charge in [-0.1, -0.05) is 25.1 Å². The number of para-hydroxylation sites is 1. The van der Waals surface area contributed by atoms with Gasteiger partial charge in [0, 0.05) is 18.3 Å². The van der Waals surface area contributed by atoms with Crippen LogP contribution in [0.2, 0.25) is 0 Å². The van der Waals surface area contributed by atoms with Crippen molar-refractivity contribution in [2.45, 2.75) is 38.3 Å². The van der Waals surface area contributed by atoms with Crippen molar-refractivity contribution < 1.29 is 9.90 Å². The van der Waals surface area contributed by atoms with Gasteiger partial charge in [-0.25, -0.2) is 0 Å². The second-order valence-corrected chi connectivity index (χ2v) is 5.11. The van der Waals surface area contributed by atoms with Crippen LogP contribution >= 0.6 is 0 Å². The normalized spacial score (nSPS) is 21.8. The number of rotatable bonds is 5. The maximum Gasteiger partial charge on any atom is 0.320 e. The van der Waals surface area contributed by atoms with Crippen molar-refractivity contribution in [2.75, 3.05) is 18.4 Å². The molecule has 2 atom stereocenters. The molecule has 0 saturated carbocycles. The molecule has 4 heteroatoms. The molecule has 1 aromatic carbocycles. The summed E-state index contributed by atoms with van der Waals surface area (Å²) in [7, 11) is 0. The summed E-state index contributed by atoms with van der Waals surface area (Å²) in [4.78, 5) is 13.3. The van der Waals surface area contributed by atoms with Crippen molar-refractivity contribution in [3.63, 3.8) is 0 Å². The van der Waals surface area contributed by atoms with Gasteiger partial charge in [0.05, 0.1) is 0 Å². The molecule has 1 fully saturated rings. The largest absolute Gasteiger partial charge is 0.480 e. The number of likely N-dealkylation sites (tertiary alicyclic amines) is 1. The maximum absolute atomic E-state index is 11.2. The molecule has 1 aromatic rings. The second-order valence-electron chi connectivity index (χ2n) is 5.11. The first kappa shape index (κ1) is 13.9. The van der Waals surface area contributed by atoms with Gasteiger partial charge in [-0.05, 0) is 37.9 Å². The molecule has 1 aliphatic heterocycles. The molecule has 0 aromatic heterocycles. The van der Waals surface area contributed by atoms with Gasteiger partial charge >= 0.3 is 5.97 Å². The first-order chi connectivity index (χ1) is 9.20. The quantitative estimate of drug-likeness (QED) is 0.855. The van der Waals surface area contributed by atoms with Gasteiger partial charge in [0.15, 0.2) is 0 Å². The zero-order chi connectivity index (χ0) is 13.7. The lowest BCUT2D eigenvalue weighted by molar-refractivity contribution is -0.143. The number of anilines is 1. The molecular formula is C15H22N2O2. The zero-order valence-corrected chi connectivity index (χ0v) is 11.4. The Labute approximate surface area is 114 Å². The monoisotopic (exact) mass is 262 g/mol. The minimum absolute atomic E-state index is 0.338. The van der Waals surface area contributed by atoms with E-state index in [1.54, 1.807) is 0 Å². The van der Waals surface area contributed by atoms with Gasteiger partial charge in [-0.2, -0.15) is 0 Å². The standard InChI is InChI=1S/C15H22N2O2/c1-2-14(15(18)19)17-10-6-9-13(11-17)16-12-7-4-3-5-8-12/h3-5,7-8,13-14,16H,2,6,9-11H2,1H3,(H,18,19)/t13-,14-/m1/s1. The average Bonchev–Trinajstić information content (AvgIpc) is 2.41. The van der Waals surface area contributed by atoms with Gasteiger partial charge in [-0.15, -0.1) is 0 Å². The van der Waals surface area contributed by atoms with E-state index in [4.69, 9.17) is 0 Å². The number of nitrogens with zero attached hydrogens (tertiary/aromatic N) is 1. The lowest BCUT2D eigenvalue weighted by atomic mass is 10.0. The second kappa shape index (κ2) is 6.57. The van der Waals surface area contributed by atoms with E-state index in [9.17, 15) is 9.90 Å². The Morgan fingerprint density at radius 2 is 2.21 bits per heavy atom. The van der Waals surface area contributed by atoms with Crippen LogP contribution in [0.15, 0.2) is 30.3 Å². The summed E-state index contributed by atoms with van der Waals surface area (Å²) in [5.74, 6) is -0.706. The fourth-order valence-electron chi connectivity index (χ4n) is 2.77. The summed E-state index contributed by atoms with van der Waals surface area (Å²) in [5.41, 5.74) is 1.11. The van der Waals surface area contributed by atoms with E-state index >= 15 is 0 Å². The van der Waals surface area contributed by atoms with Crippen LogP contribution in [0.3, 0.4) is 0 Å². The molecule has 4 nitrogen and oxygen atoms in total. The first-order valence-corrected chi connectivity index (χ1v) is 6.99. The molecule has 0 aliphatic carbocycles. The van der Waals surface area contributed by atoms with E-state index in [2.05, 4.69) is 10.2 Å². The van der Waals surface area contributed by atoms with E-state index in [1.807, 2.05) is 37.3 Å². The number of hydrogen-bond donors (Lipinski definition) is 2. The molecule has 0 spiro atoms. The lowest BCUT2D eigenvalue weighted by Gasteiger charge is -2.36. The molecule has 2 rings (SSSR count). The van der Waals surface area contributed by atoms with E-state index in [0.717, 1.165) is 31.6 Å². The fourth-order valence-corrected chi connectivity index (χ4v) is 2.77. The van der Waals surface area contributed by atoms with Gasteiger partial charge in [0.2, 0.25) is 0 Å². The highest BCUT2D eigenvalue weighted by molar-refractivity contribution is 5.73. The first-order valence-electron chi connectivity index (χ1n) is 6.99. The molecular weight excluding hydrogens is 240 g/mol. The highest BCUT2D eigenvalue weighted by Gasteiger charge is 2.28. The van der Waals surface area contributed by atoms with Gasteiger partial charge in [0.25, 0.3) is 0 Å². The predicted octanol–water partition coefficient (Wildman–Crippen LogP) is 2.43. The highest BCUT2D eigenvalue weighted by Crippen LogP contribution is 2.18. The van der Waals surface area contributed by atoms with Crippen molar-refractivity contribution in [2.24, 2.45) is 0 Å². The number of aliphatic carboxylic acids is 1. The van der Waals surface area contributed by atoms with Crippen LogP contribution in [0.5, 0.6) is 0 Å². The number of carboxylic acid groups (broad SMARTS) is 1. The predicted molar refractivity (Wildman–Crippen MR) is 76.4 cm³/mol. The Balaban J connectivity index is 1.95. The van der Waals surface area contributed by atoms with Crippen molar-refractivity contribution in [3.05, 3.63) is 30.3 Å². The van der Waals surface area contributed by atoms with Crippen LogP contribution in [0.4, 0.5) is 5.69 Å². The minimum Gasteiger partial charge on any atom is -0.480 e. The van der Waals surface area contributed by atoms with Crippen molar-refractivity contribution >= 4 is 11.7 Å². The minimum atomic E-state index is -0.706. The van der Waals surface area contributed by atoms with Gasteiger partial charge < -0.3 is 10.4 Å². The fraction of sp³-hybridized carbons (Fsp3) is 0.533. The zero-order valence-electron chi connectivity index (χ0n) is 11.4. The molecule has 0 unspecified atom stereocenters. The SMILES string of the molecule is CC[C@H](C(=O)O)N1CCC[C@@H](Nc2ccccc2)C1.